The molecule has 1 aliphatic heterocycles. The summed E-state index contributed by atoms with van der Waals surface area (Å²) in [7, 11) is -3.86. The second-order valence-electron chi connectivity index (χ2n) is 6.67. The Balaban J connectivity index is 1.78. The normalized spacial score (nSPS) is 21.0. The summed E-state index contributed by atoms with van der Waals surface area (Å²) >= 11 is 5.88. The molecule has 0 aromatic heterocycles. The van der Waals surface area contributed by atoms with Crippen LogP contribution in [0.1, 0.15) is 11.1 Å². The van der Waals surface area contributed by atoms with Crippen LogP contribution in [0.15, 0.2) is 53.4 Å². The van der Waals surface area contributed by atoms with E-state index < -0.39 is 16.5 Å². The molecule has 1 heterocycles. The Morgan fingerprint density at radius 3 is 2.41 bits per heavy atom. The molecular weight excluding hydrogens is 388 g/mol. The molecule has 2 unspecified atom stereocenters. The van der Waals surface area contributed by atoms with Crippen LogP contribution in [0, 0.1) is 6.92 Å². The van der Waals surface area contributed by atoms with Gasteiger partial charge in [-0.3, -0.25) is 4.79 Å². The van der Waals surface area contributed by atoms with Gasteiger partial charge in [-0.15, -0.1) is 4.31 Å². The predicted octanol–water partition coefficient (Wildman–Crippen LogP) is 2.26. The second-order valence-corrected chi connectivity index (χ2v) is 9.04. The lowest BCUT2D eigenvalue weighted by Crippen LogP contribution is -2.42. The van der Waals surface area contributed by atoms with Gasteiger partial charge < -0.3 is 14.6 Å². The van der Waals surface area contributed by atoms with Gasteiger partial charge >= 0.3 is 0 Å². The average Bonchev–Trinajstić information content (AvgIpc) is 2.76. The highest BCUT2D eigenvalue weighted by molar-refractivity contribution is 7.95. The van der Waals surface area contributed by atoms with Crippen molar-refractivity contribution in [3.05, 3.63) is 64.7 Å². The lowest BCUT2D eigenvalue weighted by molar-refractivity contribution is -0.131. The fraction of sp³-hybridized carbons (Fsp3) is 0.316. The van der Waals surface area contributed by atoms with E-state index in [4.69, 9.17) is 11.6 Å². The molecule has 0 saturated carbocycles. The van der Waals surface area contributed by atoms with E-state index in [0.29, 0.717) is 5.02 Å². The van der Waals surface area contributed by atoms with Crippen molar-refractivity contribution >= 4 is 27.9 Å². The van der Waals surface area contributed by atoms with Crippen molar-refractivity contribution in [3.63, 3.8) is 0 Å². The number of benzene rings is 2. The standard InChI is InChI=1S/C19H21ClN2O4S/c1-14-2-8-18(9-3-14)27(25,26)22-12-17(23)11-21(19(24)13-22)10-15-4-6-16(20)7-5-15/h2-9,17,23H,10-13H2,1H3. The summed E-state index contributed by atoms with van der Waals surface area (Å²) in [5.74, 6) is -0.350. The topological polar surface area (TPSA) is 83.9 Å². The molecule has 2 aromatic rings. The van der Waals surface area contributed by atoms with Crippen LogP contribution < -0.4 is 0 Å². The van der Waals surface area contributed by atoms with Crippen molar-refractivity contribution in [1.29, 1.82) is 0 Å². The number of aliphatic hydroxyl groups excluding tert-OH is 1. The van der Waals surface area contributed by atoms with Gasteiger partial charge in [0.2, 0.25) is 5.91 Å². The molecule has 27 heavy (non-hydrogen) atoms. The summed E-state index contributed by atoms with van der Waals surface area (Å²) < 4.78 is 26.8. The van der Waals surface area contributed by atoms with Gasteiger partial charge in [-0.25, -0.2) is 0 Å². The van der Waals surface area contributed by atoms with Crippen LogP contribution in [0.4, 0.5) is 0 Å². The molecule has 0 spiro atoms. The molecule has 8 heteroatoms. The number of β-amino-alcohol motifs (C(OH)–C–C–N with tert-alkyl or cyclic N) is 1. The van der Waals surface area contributed by atoms with Gasteiger partial charge in [-0.05, 0) is 36.8 Å². The third-order valence-electron chi connectivity index (χ3n) is 4.46. The van der Waals surface area contributed by atoms with Gasteiger partial charge in [-0.2, -0.15) is 0 Å². The number of rotatable bonds is 4. The van der Waals surface area contributed by atoms with Gasteiger partial charge in [0.05, 0.1) is 12.6 Å². The van der Waals surface area contributed by atoms with Crippen LogP contribution in [0.5, 0.6) is 0 Å². The molecule has 1 fully saturated rings. The van der Waals surface area contributed by atoms with E-state index in [1.165, 1.54) is 17.0 Å². The molecule has 0 aliphatic carbocycles. The number of halogens is 1. The monoisotopic (exact) mass is 408 g/mol. The lowest BCUT2D eigenvalue weighted by atomic mass is 10.2. The summed E-state index contributed by atoms with van der Waals surface area (Å²) in [4.78, 5) is 14.2. The number of nitrogens with zero attached hydrogens (tertiary/aromatic N) is 2. The zero-order valence-corrected chi connectivity index (χ0v) is 16.4. The summed E-state index contributed by atoms with van der Waals surface area (Å²) in [5, 5.41) is 10.9. The average molecular weight is 409 g/mol. The van der Waals surface area contributed by atoms with Gasteiger partial charge in [0, 0.05) is 18.1 Å². The number of hydrogen-bond acceptors (Lipinski definition) is 4. The summed E-state index contributed by atoms with van der Waals surface area (Å²) in [6.45, 7) is 1.79. The number of aliphatic hydroxyl groups is 1. The number of sulfonamides is 1. The highest BCUT2D eigenvalue weighted by Crippen LogP contribution is 2.24. The Hall–Kier alpha value is -1.77. The van der Waals surface area contributed by atoms with Crippen molar-refractivity contribution in [3.8, 4) is 0 Å². The zero-order valence-electron chi connectivity index (χ0n) is 14.9. The van der Waals surface area contributed by atoms with Crippen LogP contribution in [-0.2, 0) is 25.9 Å². The van der Waals surface area contributed by atoms with E-state index in [2.05, 4.69) is 0 Å². The molecule has 0 radical (unpaired) electrons. The first kappa shape index (κ1) is 20.0. The van der Waals surface area contributed by atoms with Crippen molar-refractivity contribution in [2.75, 3.05) is 19.6 Å². The number of carbonyl (C=O) groups excluding carboxylic acids is 1. The fourth-order valence-electron chi connectivity index (χ4n) is 2.97. The highest BCUT2D eigenvalue weighted by atomic mass is 35.5. The summed E-state index contributed by atoms with van der Waals surface area (Å²) in [6.07, 6.45) is -0.969. The Morgan fingerprint density at radius 1 is 1.15 bits per heavy atom. The minimum atomic E-state index is -3.86. The zero-order chi connectivity index (χ0) is 19.6. The lowest BCUT2D eigenvalue weighted by Gasteiger charge is -2.26. The maximum absolute atomic E-state index is 12.9. The molecule has 1 saturated heterocycles. The smallest absolute Gasteiger partial charge is 0.241 e. The van der Waals surface area contributed by atoms with Gasteiger partial charge in [0.25, 0.3) is 0 Å². The first-order valence-corrected chi connectivity index (χ1v) is 10.3. The maximum Gasteiger partial charge on any atom is 0.241 e. The highest BCUT2D eigenvalue weighted by Gasteiger charge is 2.38. The molecule has 1 N–H and O–H groups in total. The van der Waals surface area contributed by atoms with E-state index in [1.54, 1.807) is 36.4 Å². The van der Waals surface area contributed by atoms with E-state index in [0.717, 1.165) is 15.4 Å². The molecule has 2 aromatic carbocycles. The van der Waals surface area contributed by atoms with Crippen LogP contribution >= 0.6 is 11.6 Å². The minimum Gasteiger partial charge on any atom is -0.593 e. The fourth-order valence-corrected chi connectivity index (χ4v) is 4.52. The van der Waals surface area contributed by atoms with E-state index in [9.17, 15) is 18.7 Å². The number of aryl methyl sites for hydroxylation is 1. The third-order valence-corrected chi connectivity index (χ3v) is 6.53. The van der Waals surface area contributed by atoms with Gasteiger partial charge in [-0.1, -0.05) is 45.6 Å². The Labute approximate surface area is 164 Å². The van der Waals surface area contributed by atoms with Gasteiger partial charge in [0.15, 0.2) is 15.3 Å². The molecule has 1 aliphatic rings. The first-order valence-electron chi connectivity index (χ1n) is 8.53. The minimum absolute atomic E-state index is 0.0708. The van der Waals surface area contributed by atoms with Crippen molar-refractivity contribution in [1.82, 2.24) is 9.21 Å². The molecule has 1 amide bonds. The quantitative estimate of drug-likeness (QED) is 0.786. The van der Waals surface area contributed by atoms with E-state index in [-0.39, 0.29) is 37.0 Å². The molecule has 0 bridgehead atoms. The van der Waals surface area contributed by atoms with Crippen molar-refractivity contribution in [2.45, 2.75) is 24.5 Å². The molecule has 2 atom stereocenters. The van der Waals surface area contributed by atoms with Crippen molar-refractivity contribution < 1.29 is 18.7 Å². The predicted molar refractivity (Wildman–Crippen MR) is 103 cm³/mol. The molecule has 6 nitrogen and oxygen atoms in total. The Morgan fingerprint density at radius 2 is 1.78 bits per heavy atom. The van der Waals surface area contributed by atoms with Crippen LogP contribution in [0.3, 0.4) is 0 Å². The molecular formula is C19H21ClN2O4S. The number of hydrogen-bond donors (Lipinski definition) is 1. The first-order chi connectivity index (χ1) is 12.8. The van der Waals surface area contributed by atoms with Gasteiger partial charge in [0.1, 0.15) is 6.54 Å². The summed E-state index contributed by atoms with van der Waals surface area (Å²) in [6, 6.07) is 13.5. The SMILES string of the molecule is Cc1ccc([S+](=O)([O-])N2CC(=O)N(Cc3ccc(Cl)cc3)CC(O)C2)cc1. The number of amides is 1. The van der Waals surface area contributed by atoms with E-state index in [1.807, 2.05) is 6.92 Å². The Bertz CT molecular complexity index is 857. The van der Waals surface area contributed by atoms with E-state index >= 15 is 0 Å². The largest absolute Gasteiger partial charge is 0.593 e. The van der Waals surface area contributed by atoms with Crippen LogP contribution in [0.2, 0.25) is 5.02 Å². The third kappa shape index (κ3) is 4.75. The summed E-state index contributed by atoms with van der Waals surface area (Å²) in [5.41, 5.74) is 1.80. The number of carbonyl (C=O) groups is 1. The maximum atomic E-state index is 12.9. The van der Waals surface area contributed by atoms with Crippen LogP contribution in [0.25, 0.3) is 0 Å². The van der Waals surface area contributed by atoms with Crippen molar-refractivity contribution in [2.24, 2.45) is 0 Å². The van der Waals surface area contributed by atoms with Crippen LogP contribution in [-0.4, -0.2) is 50.5 Å². The Kier molecular flexibility index (Phi) is 5.98. The molecule has 3 rings (SSSR count). The second kappa shape index (κ2) is 8.08. The molecule has 144 valence electrons.